The van der Waals surface area contributed by atoms with Crippen LogP contribution in [-0.2, 0) is 0 Å². The molecule has 0 nitrogen and oxygen atoms in total. The summed E-state index contributed by atoms with van der Waals surface area (Å²) < 4.78 is 27.4. The third-order valence-electron chi connectivity index (χ3n) is 2.67. The summed E-state index contributed by atoms with van der Waals surface area (Å²) >= 11 is 0. The molecule has 0 radical (unpaired) electrons. The van der Waals surface area contributed by atoms with Crippen LogP contribution in [0.4, 0.5) is 8.78 Å². The Morgan fingerprint density at radius 3 is 2.35 bits per heavy atom. The molecule has 0 bridgehead atoms. The maximum Gasteiger partial charge on any atom is 0.221 e. The number of rotatable bonds is 1. The minimum atomic E-state index is -0.408. The third kappa shape index (κ3) is 1.72. The molecule has 17 heavy (non-hydrogen) atoms. The molecule has 0 aliphatic rings. The molecule has 0 N–H and O–H groups in total. The maximum absolute atomic E-state index is 13.8. The molecule has 0 fully saturated rings. The van der Waals surface area contributed by atoms with E-state index in [4.69, 9.17) is 0 Å². The summed E-state index contributed by atoms with van der Waals surface area (Å²) in [6, 6.07) is 13.2. The van der Waals surface area contributed by atoms with Gasteiger partial charge in [0.25, 0.3) is 0 Å². The number of halogens is 2. The van der Waals surface area contributed by atoms with Crippen LogP contribution in [0.25, 0.3) is 15.0 Å². The van der Waals surface area contributed by atoms with Gasteiger partial charge in [0.2, 0.25) is 4.70 Å². The van der Waals surface area contributed by atoms with E-state index in [-0.39, 0.29) is 11.6 Å². The lowest BCUT2D eigenvalue weighted by Crippen LogP contribution is -1.76. The Bertz CT molecular complexity index is 668. The first-order valence-electron chi connectivity index (χ1n) is 5.21. The number of fused-ring (bicyclic) bond motifs is 1. The molecule has 3 aromatic rings. The van der Waals surface area contributed by atoms with Crippen LogP contribution < -0.4 is 0 Å². The second-order valence-corrected chi connectivity index (χ2v) is 5.58. The highest BCUT2D eigenvalue weighted by molar-refractivity contribution is 7.43. The van der Waals surface area contributed by atoms with Gasteiger partial charge in [-0.1, -0.05) is 6.07 Å². The summed E-state index contributed by atoms with van der Waals surface area (Å²) in [4.78, 5) is 0.937. The van der Waals surface area contributed by atoms with Crippen LogP contribution >= 0.6 is 10.5 Å². The number of hydrogen-bond donors (Lipinski definition) is 0. The Hall–Kier alpha value is -1.74. The topological polar surface area (TPSA) is 0 Å². The predicted molar refractivity (Wildman–Crippen MR) is 67.7 cm³/mol. The fourth-order valence-electron chi connectivity index (χ4n) is 1.88. The largest absolute Gasteiger partial charge is 0.221 e. The van der Waals surface area contributed by atoms with Gasteiger partial charge in [-0.05, 0) is 24.3 Å². The molecule has 0 amide bonds. The van der Waals surface area contributed by atoms with Crippen LogP contribution in [-0.4, -0.2) is 0 Å². The van der Waals surface area contributed by atoms with Crippen molar-refractivity contribution in [3.05, 3.63) is 65.5 Å². The standard InChI is InChI=1S/C14H9F2S/c15-11-4-6-12(7-5-11)17-9-8-10-2-1-3-13(16)14(10)17/h1-9H/q+1. The lowest BCUT2D eigenvalue weighted by atomic mass is 10.3. The molecule has 1 aromatic heterocycles. The van der Waals surface area contributed by atoms with E-state index >= 15 is 0 Å². The van der Waals surface area contributed by atoms with Crippen molar-refractivity contribution >= 4 is 20.6 Å². The van der Waals surface area contributed by atoms with Gasteiger partial charge in [0.15, 0.2) is 10.7 Å². The van der Waals surface area contributed by atoms with E-state index in [0.29, 0.717) is 4.70 Å². The van der Waals surface area contributed by atoms with E-state index in [1.807, 2.05) is 17.5 Å². The van der Waals surface area contributed by atoms with E-state index in [2.05, 4.69) is 0 Å². The van der Waals surface area contributed by atoms with Crippen molar-refractivity contribution in [2.45, 2.75) is 0 Å². The lowest BCUT2D eigenvalue weighted by Gasteiger charge is -1.93. The van der Waals surface area contributed by atoms with Crippen molar-refractivity contribution in [3.8, 4) is 4.90 Å². The predicted octanol–water partition coefficient (Wildman–Crippen LogP) is 4.86. The zero-order valence-electron chi connectivity index (χ0n) is 8.86. The molecule has 2 aromatic carbocycles. The van der Waals surface area contributed by atoms with Crippen molar-refractivity contribution < 1.29 is 8.78 Å². The highest BCUT2D eigenvalue weighted by Gasteiger charge is 2.19. The summed E-state index contributed by atoms with van der Waals surface area (Å²) in [5.74, 6) is -0.463. The Labute approximate surface area is 100 Å². The average Bonchev–Trinajstić information content (AvgIpc) is 2.75. The van der Waals surface area contributed by atoms with E-state index in [0.717, 1.165) is 10.3 Å². The Kier molecular flexibility index (Phi) is 2.41. The minimum absolute atomic E-state index is 0.194. The van der Waals surface area contributed by atoms with Gasteiger partial charge in [-0.3, -0.25) is 0 Å². The van der Waals surface area contributed by atoms with Crippen molar-refractivity contribution in [3.63, 3.8) is 0 Å². The van der Waals surface area contributed by atoms with Crippen molar-refractivity contribution in [1.29, 1.82) is 0 Å². The summed E-state index contributed by atoms with van der Waals surface area (Å²) in [5.41, 5.74) is 0. The monoisotopic (exact) mass is 247 g/mol. The SMILES string of the molecule is Fc1ccc(-[s+]2ccc3cccc(F)c32)cc1. The van der Waals surface area contributed by atoms with E-state index < -0.39 is 10.5 Å². The fourth-order valence-corrected chi connectivity index (χ4v) is 3.78. The van der Waals surface area contributed by atoms with E-state index in [1.54, 1.807) is 18.2 Å². The fraction of sp³-hybridized carbons (Fsp3) is 0. The van der Waals surface area contributed by atoms with Gasteiger partial charge in [-0.15, -0.1) is 0 Å². The van der Waals surface area contributed by atoms with Gasteiger partial charge in [0.1, 0.15) is 11.2 Å². The Morgan fingerprint density at radius 1 is 0.824 bits per heavy atom. The Morgan fingerprint density at radius 2 is 1.59 bits per heavy atom. The average molecular weight is 247 g/mol. The zero-order chi connectivity index (χ0) is 11.8. The van der Waals surface area contributed by atoms with Gasteiger partial charge in [-0.2, -0.15) is 0 Å². The lowest BCUT2D eigenvalue weighted by molar-refractivity contribution is 0.628. The first kappa shape index (κ1) is 10.4. The van der Waals surface area contributed by atoms with Crippen molar-refractivity contribution in [2.75, 3.05) is 0 Å². The quantitative estimate of drug-likeness (QED) is 0.539. The second kappa shape index (κ2) is 3.93. The first-order chi connectivity index (χ1) is 8.25. The molecule has 3 heteroatoms. The first-order valence-corrected chi connectivity index (χ1v) is 6.50. The molecule has 0 saturated heterocycles. The van der Waals surface area contributed by atoms with Gasteiger partial charge in [0, 0.05) is 34.1 Å². The summed E-state index contributed by atoms with van der Waals surface area (Å²) in [6.07, 6.45) is 0. The maximum atomic E-state index is 13.8. The highest BCUT2D eigenvalue weighted by Crippen LogP contribution is 2.40. The number of thiophene rings is 1. The second-order valence-electron chi connectivity index (χ2n) is 3.75. The molecule has 1 atom stereocenters. The summed E-state index contributed by atoms with van der Waals surface area (Å²) in [5, 5.41) is 2.89. The van der Waals surface area contributed by atoms with E-state index in [1.165, 1.54) is 18.2 Å². The van der Waals surface area contributed by atoms with Gasteiger partial charge in [0.05, 0.1) is 0 Å². The molecule has 1 unspecified atom stereocenters. The van der Waals surface area contributed by atoms with Crippen LogP contribution in [0.15, 0.2) is 53.9 Å². The Balaban J connectivity index is 2.27. The summed E-state index contributed by atoms with van der Waals surface area (Å²) in [6.45, 7) is 0. The van der Waals surface area contributed by atoms with Crippen LogP contribution in [0, 0.1) is 11.6 Å². The number of benzene rings is 2. The highest BCUT2D eigenvalue weighted by atomic mass is 32.2. The van der Waals surface area contributed by atoms with Crippen LogP contribution in [0.3, 0.4) is 0 Å². The molecule has 0 aliphatic carbocycles. The van der Waals surface area contributed by atoms with Gasteiger partial charge >= 0.3 is 0 Å². The third-order valence-corrected chi connectivity index (χ3v) is 4.73. The molecular weight excluding hydrogens is 238 g/mol. The molecule has 84 valence electrons. The van der Waals surface area contributed by atoms with Gasteiger partial charge < -0.3 is 0 Å². The zero-order valence-corrected chi connectivity index (χ0v) is 9.68. The van der Waals surface area contributed by atoms with Crippen molar-refractivity contribution in [1.82, 2.24) is 0 Å². The van der Waals surface area contributed by atoms with Crippen LogP contribution in [0.5, 0.6) is 0 Å². The van der Waals surface area contributed by atoms with Gasteiger partial charge in [-0.25, -0.2) is 8.78 Å². The normalized spacial score (nSPS) is 12.0. The summed E-state index contributed by atoms with van der Waals surface area (Å²) in [7, 11) is -0.408. The number of hydrogen-bond acceptors (Lipinski definition) is 0. The van der Waals surface area contributed by atoms with Crippen LogP contribution in [0.2, 0.25) is 0 Å². The van der Waals surface area contributed by atoms with Crippen LogP contribution in [0.1, 0.15) is 0 Å². The molecule has 1 heterocycles. The molecule has 3 rings (SSSR count). The van der Waals surface area contributed by atoms with Crippen molar-refractivity contribution in [2.24, 2.45) is 0 Å². The van der Waals surface area contributed by atoms with E-state index in [9.17, 15) is 8.78 Å². The molecular formula is C14H9F2S+. The molecule has 0 saturated carbocycles. The smallest absolute Gasteiger partial charge is 0.207 e. The minimum Gasteiger partial charge on any atom is -0.207 e. The molecule has 0 spiro atoms. The molecule has 0 aliphatic heterocycles.